The molecule has 0 spiro atoms. The maximum atomic E-state index is 12.5. The highest BCUT2D eigenvalue weighted by molar-refractivity contribution is 5.96. The topological polar surface area (TPSA) is 75.6 Å². The summed E-state index contributed by atoms with van der Waals surface area (Å²) in [5, 5.41) is 12.2. The van der Waals surface area contributed by atoms with Gasteiger partial charge in [-0.2, -0.15) is 0 Å². The average Bonchev–Trinajstić information content (AvgIpc) is 3.10. The van der Waals surface area contributed by atoms with E-state index in [9.17, 15) is 14.7 Å². The molecule has 1 amide bonds. The molecule has 1 aromatic carbocycles. The summed E-state index contributed by atoms with van der Waals surface area (Å²) in [6.45, 7) is 2.49. The zero-order valence-electron chi connectivity index (χ0n) is 12.4. The normalized spacial score (nSPS) is 28.6. The molecule has 0 saturated heterocycles. The van der Waals surface area contributed by atoms with Crippen LogP contribution < -0.4 is 10.1 Å². The third-order valence-corrected chi connectivity index (χ3v) is 4.48. The van der Waals surface area contributed by atoms with Gasteiger partial charge in [-0.3, -0.25) is 9.59 Å². The predicted molar refractivity (Wildman–Crippen MR) is 81.6 cm³/mol. The zero-order chi connectivity index (χ0) is 15.7. The van der Waals surface area contributed by atoms with Crippen LogP contribution in [0, 0.1) is 23.7 Å². The minimum Gasteiger partial charge on any atom is -0.494 e. The van der Waals surface area contributed by atoms with Crippen LogP contribution in [0.4, 0.5) is 5.69 Å². The van der Waals surface area contributed by atoms with Crippen LogP contribution in [0.25, 0.3) is 0 Å². The second kappa shape index (κ2) is 5.83. The molecule has 0 heterocycles. The van der Waals surface area contributed by atoms with E-state index in [1.807, 2.05) is 19.1 Å². The summed E-state index contributed by atoms with van der Waals surface area (Å²) in [5.74, 6) is -1.44. The van der Waals surface area contributed by atoms with E-state index in [2.05, 4.69) is 5.32 Å². The van der Waals surface area contributed by atoms with Crippen LogP contribution in [-0.2, 0) is 9.59 Å². The lowest BCUT2D eigenvalue weighted by Crippen LogP contribution is -2.36. The molecule has 0 aliphatic heterocycles. The number of rotatable bonds is 5. The Morgan fingerprint density at radius 1 is 1.18 bits per heavy atom. The SMILES string of the molecule is CCOc1ccc(NC(=O)[C@@H]2[C@@H](C(=O)O)[C@H]3C=C[C@@H]2C3)cc1. The molecule has 5 nitrogen and oxygen atoms in total. The van der Waals surface area contributed by atoms with Gasteiger partial charge in [0.1, 0.15) is 5.75 Å². The molecule has 3 rings (SSSR count). The van der Waals surface area contributed by atoms with Crippen molar-refractivity contribution in [2.45, 2.75) is 13.3 Å². The van der Waals surface area contributed by atoms with Crippen LogP contribution in [0.2, 0.25) is 0 Å². The number of aliphatic carboxylic acids is 1. The van der Waals surface area contributed by atoms with Gasteiger partial charge in [-0.1, -0.05) is 12.2 Å². The Balaban J connectivity index is 1.71. The van der Waals surface area contributed by atoms with E-state index in [4.69, 9.17) is 4.74 Å². The Morgan fingerprint density at radius 3 is 2.41 bits per heavy atom. The fourth-order valence-electron chi connectivity index (χ4n) is 3.54. The molecule has 2 bridgehead atoms. The van der Waals surface area contributed by atoms with Gasteiger partial charge in [-0.25, -0.2) is 0 Å². The van der Waals surface area contributed by atoms with E-state index < -0.39 is 17.8 Å². The zero-order valence-corrected chi connectivity index (χ0v) is 12.4. The Morgan fingerprint density at radius 2 is 1.82 bits per heavy atom. The summed E-state index contributed by atoms with van der Waals surface area (Å²) in [5.41, 5.74) is 0.657. The van der Waals surface area contributed by atoms with E-state index in [0.29, 0.717) is 12.3 Å². The second-order valence-electron chi connectivity index (χ2n) is 5.78. The quantitative estimate of drug-likeness (QED) is 0.820. The summed E-state index contributed by atoms with van der Waals surface area (Å²) in [7, 11) is 0. The summed E-state index contributed by atoms with van der Waals surface area (Å²) < 4.78 is 5.35. The van der Waals surface area contributed by atoms with Crippen LogP contribution in [0.15, 0.2) is 36.4 Å². The Labute approximate surface area is 129 Å². The highest BCUT2D eigenvalue weighted by atomic mass is 16.5. The van der Waals surface area contributed by atoms with Crippen molar-refractivity contribution in [1.29, 1.82) is 0 Å². The number of amides is 1. The van der Waals surface area contributed by atoms with Gasteiger partial charge < -0.3 is 15.2 Å². The number of hydrogen-bond donors (Lipinski definition) is 2. The van der Waals surface area contributed by atoms with Gasteiger partial charge in [0.25, 0.3) is 0 Å². The van der Waals surface area contributed by atoms with E-state index >= 15 is 0 Å². The summed E-state index contributed by atoms with van der Waals surface area (Å²) in [6, 6.07) is 7.10. The number of carboxylic acid groups (broad SMARTS) is 1. The first-order valence-electron chi connectivity index (χ1n) is 7.55. The summed E-state index contributed by atoms with van der Waals surface area (Å²) in [4.78, 5) is 23.9. The second-order valence-corrected chi connectivity index (χ2v) is 5.78. The molecule has 0 radical (unpaired) electrons. The fourth-order valence-corrected chi connectivity index (χ4v) is 3.54. The Bertz CT molecular complexity index is 608. The molecule has 22 heavy (non-hydrogen) atoms. The maximum absolute atomic E-state index is 12.5. The van der Waals surface area contributed by atoms with Crippen LogP contribution in [0.5, 0.6) is 5.75 Å². The number of nitrogens with one attached hydrogen (secondary N) is 1. The molecule has 5 heteroatoms. The largest absolute Gasteiger partial charge is 0.494 e. The molecule has 0 aromatic heterocycles. The van der Waals surface area contributed by atoms with Crippen molar-refractivity contribution < 1.29 is 19.4 Å². The molecule has 4 atom stereocenters. The lowest BCUT2D eigenvalue weighted by molar-refractivity contribution is -0.146. The lowest BCUT2D eigenvalue weighted by Gasteiger charge is -2.23. The molecular formula is C17H19NO4. The number of anilines is 1. The number of fused-ring (bicyclic) bond motifs is 2. The predicted octanol–water partition coefficient (Wildman–Crippen LogP) is 2.55. The van der Waals surface area contributed by atoms with Crippen LogP contribution in [0.1, 0.15) is 13.3 Å². The number of carbonyl (C=O) groups excluding carboxylic acids is 1. The number of allylic oxidation sites excluding steroid dienone is 2. The number of carboxylic acids is 1. The molecule has 2 aliphatic carbocycles. The molecule has 116 valence electrons. The monoisotopic (exact) mass is 301 g/mol. The van der Waals surface area contributed by atoms with Gasteiger partial charge in [-0.15, -0.1) is 0 Å². The van der Waals surface area contributed by atoms with Crippen molar-refractivity contribution in [3.05, 3.63) is 36.4 Å². The van der Waals surface area contributed by atoms with Crippen LogP contribution in [0.3, 0.4) is 0 Å². The van der Waals surface area contributed by atoms with Gasteiger partial charge in [0.2, 0.25) is 5.91 Å². The average molecular weight is 301 g/mol. The number of hydrogen-bond acceptors (Lipinski definition) is 3. The van der Waals surface area contributed by atoms with Crippen molar-refractivity contribution in [3.63, 3.8) is 0 Å². The summed E-state index contributed by atoms with van der Waals surface area (Å²) >= 11 is 0. The van der Waals surface area contributed by atoms with Crippen molar-refractivity contribution >= 4 is 17.6 Å². The van der Waals surface area contributed by atoms with Gasteiger partial charge in [0.05, 0.1) is 18.4 Å². The van der Waals surface area contributed by atoms with Crippen molar-refractivity contribution in [1.82, 2.24) is 0 Å². The third-order valence-electron chi connectivity index (χ3n) is 4.48. The van der Waals surface area contributed by atoms with E-state index in [1.54, 1.807) is 24.3 Å². The van der Waals surface area contributed by atoms with Gasteiger partial charge in [-0.05, 0) is 49.4 Å². The minimum atomic E-state index is -0.885. The molecule has 0 unspecified atom stereocenters. The number of ether oxygens (including phenoxy) is 1. The van der Waals surface area contributed by atoms with Gasteiger partial charge >= 0.3 is 5.97 Å². The van der Waals surface area contributed by atoms with E-state index in [-0.39, 0.29) is 17.7 Å². The highest BCUT2D eigenvalue weighted by Crippen LogP contribution is 2.48. The molecule has 1 saturated carbocycles. The van der Waals surface area contributed by atoms with Crippen LogP contribution >= 0.6 is 0 Å². The fraction of sp³-hybridized carbons (Fsp3) is 0.412. The third kappa shape index (κ3) is 2.58. The van der Waals surface area contributed by atoms with Crippen LogP contribution in [-0.4, -0.2) is 23.6 Å². The Kier molecular flexibility index (Phi) is 3.88. The van der Waals surface area contributed by atoms with Crippen molar-refractivity contribution in [2.24, 2.45) is 23.7 Å². The molecule has 2 N–H and O–H groups in total. The lowest BCUT2D eigenvalue weighted by atomic mass is 9.82. The Hall–Kier alpha value is -2.30. The van der Waals surface area contributed by atoms with Crippen molar-refractivity contribution in [3.8, 4) is 5.75 Å². The molecule has 1 aromatic rings. The smallest absolute Gasteiger partial charge is 0.307 e. The first-order chi connectivity index (χ1) is 10.6. The first-order valence-corrected chi connectivity index (χ1v) is 7.55. The van der Waals surface area contributed by atoms with E-state index in [1.165, 1.54) is 0 Å². The molecule has 1 fully saturated rings. The number of benzene rings is 1. The molecule has 2 aliphatic rings. The first kappa shape index (κ1) is 14.6. The van der Waals surface area contributed by atoms with E-state index in [0.717, 1.165) is 12.2 Å². The van der Waals surface area contributed by atoms with Gasteiger partial charge in [0, 0.05) is 5.69 Å². The van der Waals surface area contributed by atoms with Gasteiger partial charge in [0.15, 0.2) is 0 Å². The number of carbonyl (C=O) groups is 2. The minimum absolute atomic E-state index is 0.0152. The summed E-state index contributed by atoms with van der Waals surface area (Å²) in [6.07, 6.45) is 4.68. The van der Waals surface area contributed by atoms with Crippen molar-refractivity contribution in [2.75, 3.05) is 11.9 Å². The maximum Gasteiger partial charge on any atom is 0.307 e. The highest BCUT2D eigenvalue weighted by Gasteiger charge is 2.51. The standard InChI is InChI=1S/C17H19NO4/c1-2-22-13-7-5-12(6-8-13)18-16(19)14-10-3-4-11(9-10)15(14)17(20)21/h3-8,10-11,14-15H,2,9H2,1H3,(H,18,19)(H,20,21)/t10-,11+,14+,15+/m1/s1. The molecular weight excluding hydrogens is 282 g/mol.